The summed E-state index contributed by atoms with van der Waals surface area (Å²) in [5, 5.41) is 0. The zero-order valence-electron chi connectivity index (χ0n) is 13.8. The summed E-state index contributed by atoms with van der Waals surface area (Å²) in [6.07, 6.45) is 1.73. The number of nitrogens with zero attached hydrogens (tertiary/aromatic N) is 1. The van der Waals surface area contributed by atoms with Crippen molar-refractivity contribution in [3.05, 3.63) is 96.5 Å². The van der Waals surface area contributed by atoms with Crippen LogP contribution >= 0.6 is 0 Å². The van der Waals surface area contributed by atoms with Crippen LogP contribution in [0, 0.1) is 36.9 Å². The first-order valence-corrected chi connectivity index (χ1v) is 7.71. The Labute approximate surface area is 166 Å². The number of allylic oxidation sites excluding steroid dienone is 1. The topological polar surface area (TPSA) is 137 Å². The Hall–Kier alpha value is -2.77. The molecule has 1 aromatic carbocycles. The molecule has 1 N–H and O–H groups in total. The molecule has 0 aliphatic carbocycles. The van der Waals surface area contributed by atoms with Crippen molar-refractivity contribution in [2.75, 3.05) is 0 Å². The van der Waals surface area contributed by atoms with Gasteiger partial charge in [-0.05, 0) is 0 Å². The van der Waals surface area contributed by atoms with E-state index in [-0.39, 0.29) is 5.69 Å². The van der Waals surface area contributed by atoms with Crippen molar-refractivity contribution in [1.29, 1.82) is 0 Å². The van der Waals surface area contributed by atoms with E-state index in [1.165, 1.54) is 19.4 Å². The molecular weight excluding hydrogens is 524 g/mol. The molecule has 136 valence electrons. The zero-order chi connectivity index (χ0) is 22.3. The maximum absolute atomic E-state index is 11.9. The van der Waals surface area contributed by atoms with Crippen molar-refractivity contribution in [2.24, 2.45) is 0 Å². The number of aromatic nitrogens is 2. The van der Waals surface area contributed by atoms with Crippen LogP contribution < -0.4 is 5.69 Å². The average molecular weight is 536 g/mol. The van der Waals surface area contributed by atoms with Gasteiger partial charge in [-0.25, -0.2) is 0 Å². The standard InChI is InChI=1S/C13H12N2O.5CO.W/c1-2-10-15-12(8-9-14-13(15)16)11-6-4-3-5-7-11;5*1-2;/h2-8H,1,10H2,(H,14,16);;;;;;. The fraction of sp³-hybridized carbons (Fsp3) is 0.0556. The van der Waals surface area contributed by atoms with Gasteiger partial charge in [0, 0.05) is 0 Å². The van der Waals surface area contributed by atoms with Crippen LogP contribution in [0.5, 0.6) is 0 Å². The van der Waals surface area contributed by atoms with E-state index >= 15 is 0 Å². The number of hydrogen-bond acceptors (Lipinski definition) is 1. The van der Waals surface area contributed by atoms with Crippen LogP contribution in [0.2, 0.25) is 0 Å². The van der Waals surface area contributed by atoms with E-state index in [4.69, 9.17) is 23.3 Å². The molecule has 0 bridgehead atoms. The fourth-order valence-electron chi connectivity index (χ4n) is 1.68. The minimum atomic E-state index is -0.0868. The molecule has 0 aliphatic heterocycles. The summed E-state index contributed by atoms with van der Waals surface area (Å²) in [5.41, 5.74) is 1.89. The van der Waals surface area contributed by atoms with Crippen molar-refractivity contribution in [3.63, 3.8) is 0 Å². The first kappa shape index (κ1) is 31.9. The maximum atomic E-state index is 11.9. The van der Waals surface area contributed by atoms with Crippen LogP contribution in [-0.4, -0.2) is 9.55 Å². The molecule has 0 saturated heterocycles. The van der Waals surface area contributed by atoms with Gasteiger partial charge in [0.15, 0.2) is 0 Å². The van der Waals surface area contributed by atoms with E-state index < -0.39 is 0 Å². The van der Waals surface area contributed by atoms with E-state index in [9.17, 15) is 4.79 Å². The molecule has 8 nitrogen and oxygen atoms in total. The number of benzene rings is 1. The van der Waals surface area contributed by atoms with Gasteiger partial charge in [0.25, 0.3) is 0 Å². The molecule has 2 aromatic rings. The normalized spacial score (nSPS) is 6.74. The Morgan fingerprint density at radius 1 is 0.963 bits per heavy atom. The minimum absolute atomic E-state index is 0.0868. The second kappa shape index (κ2) is 25.5. The quantitative estimate of drug-likeness (QED) is 0.358. The molecule has 0 amide bonds. The number of aromatic amines is 1. The Morgan fingerprint density at radius 2 is 1.41 bits per heavy atom. The van der Waals surface area contributed by atoms with Crippen LogP contribution in [0.4, 0.5) is 0 Å². The summed E-state index contributed by atoms with van der Waals surface area (Å²) < 4.78 is 40.1. The summed E-state index contributed by atoms with van der Waals surface area (Å²) in [6, 6.07) is 11.9. The molecule has 0 unspecified atom stereocenters. The molecule has 1 heterocycles. The second-order valence-corrected chi connectivity index (χ2v) is 5.17. The van der Waals surface area contributed by atoms with Crippen molar-refractivity contribution in [3.8, 4) is 11.3 Å². The van der Waals surface area contributed by atoms with Crippen LogP contribution in [0.15, 0.2) is 53.8 Å². The van der Waals surface area contributed by atoms with Gasteiger partial charge in [0.1, 0.15) is 0 Å². The molecule has 9 heteroatoms. The Balaban J connectivity index is -0.000000230. The Bertz CT molecular complexity index is 823. The molecule has 0 fully saturated rings. The number of nitrogens with one attached hydrogen (secondary N) is 1. The zero-order valence-corrected chi connectivity index (χ0v) is 16.7. The van der Waals surface area contributed by atoms with Crippen molar-refractivity contribution >= 4 is 0 Å². The molecule has 0 spiro atoms. The van der Waals surface area contributed by atoms with Crippen molar-refractivity contribution in [2.45, 2.75) is 6.54 Å². The van der Waals surface area contributed by atoms with E-state index in [1.807, 2.05) is 36.4 Å². The van der Waals surface area contributed by atoms with Gasteiger partial charge < -0.3 is 0 Å². The van der Waals surface area contributed by atoms with E-state index in [0.717, 1.165) is 14.9 Å². The molecular formula is C18H12N2O6W. The van der Waals surface area contributed by atoms with Gasteiger partial charge in [-0.15, -0.1) is 0 Å². The summed E-state index contributed by atoms with van der Waals surface area (Å²) >= 11 is 1.25. The fourth-order valence-corrected chi connectivity index (χ4v) is 2.39. The van der Waals surface area contributed by atoms with Gasteiger partial charge in [-0.3, -0.25) is 0 Å². The molecule has 1 aromatic heterocycles. The van der Waals surface area contributed by atoms with Crippen LogP contribution in [0.3, 0.4) is 0 Å². The summed E-state index contributed by atoms with van der Waals surface area (Å²) in [5.74, 6) is 0. The first-order chi connectivity index (χ1) is 13.2. The first-order valence-electron chi connectivity index (χ1n) is 6.25. The van der Waals surface area contributed by atoms with E-state index in [1.54, 1.807) is 10.6 Å². The third-order valence-electron chi connectivity index (χ3n) is 2.42. The summed E-state index contributed by atoms with van der Waals surface area (Å²) in [7, 11) is 0. The second-order valence-electron chi connectivity index (χ2n) is 3.59. The van der Waals surface area contributed by atoms with Crippen LogP contribution in [0.1, 0.15) is 0 Å². The Kier molecular flexibility index (Phi) is 30.1. The molecule has 27 heavy (non-hydrogen) atoms. The van der Waals surface area contributed by atoms with Gasteiger partial charge in [0.2, 0.25) is 0 Å². The number of hydrogen-bond donors (Lipinski definition) is 1. The van der Waals surface area contributed by atoms with Gasteiger partial charge in [-0.2, -0.15) is 0 Å². The number of H-pyrrole nitrogens is 1. The monoisotopic (exact) mass is 536 g/mol. The molecule has 0 atom stereocenters. The van der Waals surface area contributed by atoms with Crippen LogP contribution in [0.25, 0.3) is 11.3 Å². The molecule has 2 rings (SSSR count). The predicted octanol–water partition coefficient (Wildman–Crippen LogP) is 1.92. The third-order valence-corrected chi connectivity index (χ3v) is 3.21. The number of rotatable bonds is 3. The molecule has 0 aliphatic rings. The van der Waals surface area contributed by atoms with Crippen molar-refractivity contribution in [1.82, 2.24) is 9.55 Å². The van der Waals surface area contributed by atoms with Gasteiger partial charge >= 0.3 is 166 Å². The summed E-state index contributed by atoms with van der Waals surface area (Å²) in [6.45, 7) is 26.7. The predicted molar refractivity (Wildman–Crippen MR) is 83.6 cm³/mol. The van der Waals surface area contributed by atoms with Crippen LogP contribution in [-0.2, 0) is 49.2 Å². The third kappa shape index (κ3) is 13.1. The Morgan fingerprint density at radius 3 is 1.81 bits per heavy atom. The van der Waals surface area contributed by atoms with E-state index in [2.05, 4.69) is 44.8 Å². The molecule has 0 radical (unpaired) electrons. The SMILES string of the molecule is C=CCn1c(-c2ccccc2)c[c](=[W])[nH]c1=O.[C-]#[O+].[C-]#[O+].[C-]#[O+].[C-]#[O+].[C-]#[O+]. The average Bonchev–Trinajstić information content (AvgIpc) is 2.77. The van der Waals surface area contributed by atoms with Crippen molar-refractivity contribution < 1.29 is 42.6 Å². The van der Waals surface area contributed by atoms with Gasteiger partial charge in [0.05, 0.1) is 0 Å². The van der Waals surface area contributed by atoms with Gasteiger partial charge in [-0.1, -0.05) is 0 Å². The van der Waals surface area contributed by atoms with E-state index in [0.29, 0.717) is 6.54 Å². The molecule has 0 saturated carbocycles. The summed E-state index contributed by atoms with van der Waals surface area (Å²) in [4.78, 5) is 14.7.